The van der Waals surface area contributed by atoms with Crippen LogP contribution in [0.3, 0.4) is 0 Å². The number of benzene rings is 1. The third-order valence-electron chi connectivity index (χ3n) is 2.80. The maximum absolute atomic E-state index is 6.17. The van der Waals surface area contributed by atoms with Gasteiger partial charge in [0.25, 0.3) is 0 Å². The third-order valence-corrected chi connectivity index (χ3v) is 3.98. The Morgan fingerprint density at radius 3 is 2.87 bits per heavy atom. The predicted octanol–water partition coefficient (Wildman–Crippen LogP) is 3.67. The van der Waals surface area contributed by atoms with Gasteiger partial charge in [-0.2, -0.15) is 11.3 Å². The molecule has 76 valence electrons. The van der Waals surface area contributed by atoms with E-state index < -0.39 is 0 Å². The van der Waals surface area contributed by atoms with Gasteiger partial charge in [-0.15, -0.1) is 0 Å². The number of hydrogen-bond donors (Lipinski definition) is 1. The van der Waals surface area contributed by atoms with Crippen LogP contribution in [0.15, 0.2) is 29.0 Å². The molecule has 1 nitrogen and oxygen atoms in total. The fraction of sp³-hybridized carbons (Fsp3) is 0.167. The number of nitrogens with one attached hydrogen (secondary N) is 1. The molecule has 2 heterocycles. The molecular weight excluding hydrogens is 226 g/mol. The lowest BCUT2D eigenvalue weighted by molar-refractivity contribution is 0.765. The molecule has 0 spiro atoms. The van der Waals surface area contributed by atoms with Gasteiger partial charge in [-0.3, -0.25) is 0 Å². The van der Waals surface area contributed by atoms with Gasteiger partial charge in [0.15, 0.2) is 0 Å². The predicted molar refractivity (Wildman–Crippen MR) is 65.3 cm³/mol. The van der Waals surface area contributed by atoms with Gasteiger partial charge in [-0.25, -0.2) is 0 Å². The molecule has 1 aliphatic rings. The minimum atomic E-state index is 0.861. The Morgan fingerprint density at radius 2 is 2.07 bits per heavy atom. The van der Waals surface area contributed by atoms with E-state index >= 15 is 0 Å². The highest BCUT2D eigenvalue weighted by atomic mass is 35.5. The van der Waals surface area contributed by atoms with Crippen LogP contribution in [0.4, 0.5) is 0 Å². The first-order valence-electron chi connectivity index (χ1n) is 4.90. The van der Waals surface area contributed by atoms with Crippen molar-refractivity contribution in [1.82, 2.24) is 5.32 Å². The van der Waals surface area contributed by atoms with E-state index in [1.165, 1.54) is 22.3 Å². The van der Waals surface area contributed by atoms with Crippen LogP contribution in [0.25, 0.3) is 11.1 Å². The summed E-state index contributed by atoms with van der Waals surface area (Å²) in [5.74, 6) is 0. The Balaban J connectivity index is 2.21. The molecule has 15 heavy (non-hydrogen) atoms. The van der Waals surface area contributed by atoms with E-state index in [0.717, 1.165) is 18.1 Å². The fourth-order valence-electron chi connectivity index (χ4n) is 2.06. The largest absolute Gasteiger partial charge is 0.309 e. The van der Waals surface area contributed by atoms with Crippen LogP contribution in [0, 0.1) is 0 Å². The van der Waals surface area contributed by atoms with Gasteiger partial charge >= 0.3 is 0 Å². The molecule has 2 aromatic rings. The van der Waals surface area contributed by atoms with E-state index in [1.807, 2.05) is 5.38 Å². The molecule has 0 saturated heterocycles. The monoisotopic (exact) mass is 235 g/mol. The molecule has 0 radical (unpaired) electrons. The normalized spacial score (nSPS) is 14.2. The van der Waals surface area contributed by atoms with Crippen LogP contribution >= 0.6 is 22.9 Å². The van der Waals surface area contributed by atoms with Crippen molar-refractivity contribution >= 4 is 22.9 Å². The van der Waals surface area contributed by atoms with Gasteiger partial charge in [0.05, 0.1) is 5.02 Å². The van der Waals surface area contributed by atoms with Gasteiger partial charge in [-0.1, -0.05) is 29.8 Å². The summed E-state index contributed by atoms with van der Waals surface area (Å²) >= 11 is 7.82. The number of halogens is 1. The summed E-state index contributed by atoms with van der Waals surface area (Å²) in [7, 11) is 0. The number of rotatable bonds is 1. The van der Waals surface area contributed by atoms with Crippen LogP contribution in [-0.4, -0.2) is 0 Å². The quantitative estimate of drug-likeness (QED) is 0.795. The second-order valence-electron chi connectivity index (χ2n) is 3.68. The Hall–Kier alpha value is -0.830. The van der Waals surface area contributed by atoms with E-state index in [-0.39, 0.29) is 0 Å². The molecule has 1 N–H and O–H groups in total. The highest BCUT2D eigenvalue weighted by Gasteiger charge is 2.16. The van der Waals surface area contributed by atoms with Gasteiger partial charge < -0.3 is 5.32 Å². The van der Waals surface area contributed by atoms with Gasteiger partial charge in [0.2, 0.25) is 0 Å². The molecule has 0 amide bonds. The first-order chi connectivity index (χ1) is 7.36. The van der Waals surface area contributed by atoms with Crippen LogP contribution in [-0.2, 0) is 13.1 Å². The summed E-state index contributed by atoms with van der Waals surface area (Å²) in [4.78, 5) is 0. The highest BCUT2D eigenvalue weighted by Crippen LogP contribution is 2.35. The van der Waals surface area contributed by atoms with Crippen molar-refractivity contribution in [2.24, 2.45) is 0 Å². The minimum Gasteiger partial charge on any atom is -0.309 e. The van der Waals surface area contributed by atoms with Crippen molar-refractivity contribution in [2.45, 2.75) is 13.1 Å². The first kappa shape index (κ1) is 9.40. The molecule has 3 heteroatoms. The van der Waals surface area contributed by atoms with E-state index in [1.54, 1.807) is 11.3 Å². The summed E-state index contributed by atoms with van der Waals surface area (Å²) < 4.78 is 0. The second kappa shape index (κ2) is 3.63. The van der Waals surface area contributed by atoms with Crippen LogP contribution in [0.1, 0.15) is 11.1 Å². The molecule has 0 unspecified atom stereocenters. The van der Waals surface area contributed by atoms with Crippen molar-refractivity contribution < 1.29 is 0 Å². The summed E-state index contributed by atoms with van der Waals surface area (Å²) in [5, 5.41) is 8.34. The molecule has 1 aromatic heterocycles. The number of hydrogen-bond acceptors (Lipinski definition) is 2. The second-order valence-corrected chi connectivity index (χ2v) is 4.83. The number of fused-ring (bicyclic) bond motifs is 1. The third kappa shape index (κ3) is 1.49. The molecule has 0 saturated carbocycles. The molecule has 1 aliphatic heterocycles. The van der Waals surface area contributed by atoms with E-state index in [4.69, 9.17) is 11.6 Å². The zero-order valence-corrected chi connectivity index (χ0v) is 9.66. The molecular formula is C12H10ClNS. The topological polar surface area (TPSA) is 12.0 Å². The summed E-state index contributed by atoms with van der Waals surface area (Å²) in [6, 6.07) is 6.44. The summed E-state index contributed by atoms with van der Waals surface area (Å²) in [6.45, 7) is 1.93. The Labute approximate surface area is 97.7 Å². The first-order valence-corrected chi connectivity index (χ1v) is 6.22. The maximum atomic E-state index is 6.17. The van der Waals surface area contributed by atoms with Crippen molar-refractivity contribution in [3.8, 4) is 11.1 Å². The molecule has 0 fully saturated rings. The van der Waals surface area contributed by atoms with Gasteiger partial charge in [0.1, 0.15) is 0 Å². The maximum Gasteiger partial charge on any atom is 0.0591 e. The molecule has 0 aliphatic carbocycles. The Morgan fingerprint density at radius 1 is 1.13 bits per heavy atom. The lowest BCUT2D eigenvalue weighted by atomic mass is 9.99. The zero-order chi connectivity index (χ0) is 10.3. The van der Waals surface area contributed by atoms with E-state index in [2.05, 4.69) is 28.9 Å². The molecule has 3 rings (SSSR count). The standard InChI is InChI=1S/C12H10ClNS/c13-12-7-15-6-11(12)9-3-1-2-8-4-14-5-10(8)9/h1-3,6-7,14H,4-5H2. The van der Waals surface area contributed by atoms with E-state index in [0.29, 0.717) is 0 Å². The zero-order valence-electron chi connectivity index (χ0n) is 8.09. The average Bonchev–Trinajstić information content (AvgIpc) is 2.85. The van der Waals surface area contributed by atoms with Crippen molar-refractivity contribution in [2.75, 3.05) is 0 Å². The van der Waals surface area contributed by atoms with Gasteiger partial charge in [0, 0.05) is 29.4 Å². The Kier molecular flexibility index (Phi) is 2.28. The SMILES string of the molecule is Clc1cscc1-c1cccc2c1CNC2. The van der Waals surface area contributed by atoms with Crippen molar-refractivity contribution in [3.05, 3.63) is 45.1 Å². The molecule has 0 bridgehead atoms. The fourth-order valence-corrected chi connectivity index (χ4v) is 3.14. The van der Waals surface area contributed by atoms with Gasteiger partial charge in [-0.05, 0) is 16.7 Å². The Bertz CT molecular complexity index is 504. The summed E-state index contributed by atoms with van der Waals surface area (Å²) in [5.41, 5.74) is 5.25. The average molecular weight is 236 g/mol. The van der Waals surface area contributed by atoms with Crippen molar-refractivity contribution in [3.63, 3.8) is 0 Å². The lowest BCUT2D eigenvalue weighted by Crippen LogP contribution is -2.00. The van der Waals surface area contributed by atoms with Crippen LogP contribution in [0.5, 0.6) is 0 Å². The van der Waals surface area contributed by atoms with Crippen molar-refractivity contribution in [1.29, 1.82) is 0 Å². The van der Waals surface area contributed by atoms with Crippen LogP contribution in [0.2, 0.25) is 5.02 Å². The molecule has 0 atom stereocenters. The van der Waals surface area contributed by atoms with Crippen LogP contribution < -0.4 is 5.32 Å². The smallest absolute Gasteiger partial charge is 0.0591 e. The minimum absolute atomic E-state index is 0.861. The molecule has 1 aromatic carbocycles. The highest BCUT2D eigenvalue weighted by molar-refractivity contribution is 7.09. The number of thiophene rings is 1. The lowest BCUT2D eigenvalue weighted by Gasteiger charge is -2.06. The van der Waals surface area contributed by atoms with E-state index in [9.17, 15) is 0 Å². The summed E-state index contributed by atoms with van der Waals surface area (Å²) in [6.07, 6.45) is 0.